The summed E-state index contributed by atoms with van der Waals surface area (Å²) in [6.45, 7) is 2.76. The predicted octanol–water partition coefficient (Wildman–Crippen LogP) is 7.37. The summed E-state index contributed by atoms with van der Waals surface area (Å²) in [4.78, 5) is 32.7. The van der Waals surface area contributed by atoms with Gasteiger partial charge in [0.05, 0.1) is 17.2 Å². The molecule has 0 bridgehead atoms. The van der Waals surface area contributed by atoms with E-state index in [9.17, 15) is 22.8 Å². The SMILES string of the molecule is O=C(NC1CCN(CCCCc2ccc3c(c2)-c2ccccc2C3C(=O)NC(F)(F)F)CC1)c1cccnc1-c1ccc(Cl)cc1. The van der Waals surface area contributed by atoms with Crippen molar-refractivity contribution in [2.75, 3.05) is 19.6 Å². The molecule has 6 rings (SSSR count). The molecule has 1 aromatic heterocycles. The zero-order chi connectivity index (χ0) is 32.3. The fourth-order valence-electron chi connectivity index (χ4n) is 6.55. The van der Waals surface area contributed by atoms with E-state index in [-0.39, 0.29) is 11.9 Å². The zero-order valence-electron chi connectivity index (χ0n) is 25.1. The van der Waals surface area contributed by atoms with E-state index in [1.807, 2.05) is 36.4 Å². The van der Waals surface area contributed by atoms with Gasteiger partial charge < -0.3 is 10.2 Å². The number of nitrogens with zero attached hydrogens (tertiary/aromatic N) is 2. The van der Waals surface area contributed by atoms with E-state index < -0.39 is 18.1 Å². The van der Waals surface area contributed by atoms with Crippen LogP contribution in [0.25, 0.3) is 22.4 Å². The largest absolute Gasteiger partial charge is 0.484 e. The number of amides is 2. The number of aromatic nitrogens is 1. The molecule has 46 heavy (non-hydrogen) atoms. The van der Waals surface area contributed by atoms with Gasteiger partial charge in [-0.25, -0.2) is 0 Å². The lowest BCUT2D eigenvalue weighted by atomic mass is 9.95. The molecule has 1 unspecified atom stereocenters. The Bertz CT molecular complexity index is 1720. The van der Waals surface area contributed by atoms with Crippen LogP contribution in [0.15, 0.2) is 85.1 Å². The molecule has 0 spiro atoms. The minimum atomic E-state index is -4.78. The molecular formula is C36H34ClF3N4O2. The second kappa shape index (κ2) is 13.6. The summed E-state index contributed by atoms with van der Waals surface area (Å²) >= 11 is 6.03. The van der Waals surface area contributed by atoms with Gasteiger partial charge >= 0.3 is 6.30 Å². The average molecular weight is 647 g/mol. The van der Waals surface area contributed by atoms with E-state index in [1.54, 1.807) is 48.7 Å². The number of carbonyl (C=O) groups is 2. The third-order valence-corrected chi connectivity index (χ3v) is 9.05. The lowest BCUT2D eigenvalue weighted by Gasteiger charge is -2.32. The van der Waals surface area contributed by atoms with Gasteiger partial charge in [-0.3, -0.25) is 19.9 Å². The third kappa shape index (κ3) is 7.26. The van der Waals surface area contributed by atoms with Crippen molar-refractivity contribution in [3.8, 4) is 22.4 Å². The molecule has 4 aromatic rings. The summed E-state index contributed by atoms with van der Waals surface area (Å²) in [6, 6.07) is 23.9. The highest BCUT2D eigenvalue weighted by Crippen LogP contribution is 2.45. The summed E-state index contributed by atoms with van der Waals surface area (Å²) in [7, 11) is 0. The molecule has 2 N–H and O–H groups in total. The van der Waals surface area contributed by atoms with Crippen molar-refractivity contribution in [3.63, 3.8) is 0 Å². The van der Waals surface area contributed by atoms with E-state index in [0.717, 1.165) is 74.0 Å². The number of piperidine rings is 1. The predicted molar refractivity (Wildman–Crippen MR) is 172 cm³/mol. The van der Waals surface area contributed by atoms with E-state index in [0.29, 0.717) is 27.4 Å². The number of unbranched alkanes of at least 4 members (excludes halogenated alkanes) is 1. The first-order valence-corrected chi connectivity index (χ1v) is 15.9. The zero-order valence-corrected chi connectivity index (χ0v) is 25.9. The van der Waals surface area contributed by atoms with Gasteiger partial charge in [0, 0.05) is 35.9 Å². The minimum Gasteiger partial charge on any atom is -0.349 e. The molecule has 1 saturated heterocycles. The second-order valence-electron chi connectivity index (χ2n) is 11.9. The molecular weight excluding hydrogens is 613 g/mol. The minimum absolute atomic E-state index is 0.0957. The summed E-state index contributed by atoms with van der Waals surface area (Å²) in [5.74, 6) is -2.17. The second-order valence-corrected chi connectivity index (χ2v) is 12.3. The Balaban J connectivity index is 0.983. The summed E-state index contributed by atoms with van der Waals surface area (Å²) in [6.07, 6.45) is 1.44. The van der Waals surface area contributed by atoms with Crippen molar-refractivity contribution in [1.29, 1.82) is 0 Å². The van der Waals surface area contributed by atoms with Crippen LogP contribution in [0.5, 0.6) is 0 Å². The Kier molecular flexibility index (Phi) is 9.42. The smallest absolute Gasteiger partial charge is 0.349 e. The number of halogens is 4. The van der Waals surface area contributed by atoms with E-state index >= 15 is 0 Å². The molecule has 0 saturated carbocycles. The Morgan fingerprint density at radius 1 is 0.891 bits per heavy atom. The molecule has 1 atom stereocenters. The van der Waals surface area contributed by atoms with Crippen molar-refractivity contribution >= 4 is 23.4 Å². The fraction of sp³-hybridized carbons (Fsp3) is 0.306. The first-order valence-electron chi connectivity index (χ1n) is 15.5. The first kappa shape index (κ1) is 31.8. The number of benzene rings is 3. The molecule has 1 fully saturated rings. The molecule has 3 aromatic carbocycles. The number of hydrogen-bond donors (Lipinski definition) is 2. The van der Waals surface area contributed by atoms with Gasteiger partial charge in [0.2, 0.25) is 5.91 Å². The van der Waals surface area contributed by atoms with E-state index in [1.165, 1.54) is 5.32 Å². The molecule has 6 nitrogen and oxygen atoms in total. The van der Waals surface area contributed by atoms with Crippen molar-refractivity contribution < 1.29 is 22.8 Å². The Hall–Kier alpha value is -4.21. The first-order chi connectivity index (χ1) is 22.2. The molecule has 2 heterocycles. The maximum Gasteiger partial charge on any atom is 0.484 e. The maximum atomic E-state index is 13.2. The fourth-order valence-corrected chi connectivity index (χ4v) is 6.68. The van der Waals surface area contributed by atoms with Gasteiger partial charge in [0.15, 0.2) is 0 Å². The topological polar surface area (TPSA) is 74.3 Å². The maximum absolute atomic E-state index is 13.2. The van der Waals surface area contributed by atoms with Gasteiger partial charge in [-0.15, -0.1) is 0 Å². The van der Waals surface area contributed by atoms with Gasteiger partial charge in [0.25, 0.3) is 5.91 Å². The van der Waals surface area contributed by atoms with Gasteiger partial charge in [0.1, 0.15) is 0 Å². The van der Waals surface area contributed by atoms with Crippen LogP contribution in [0.2, 0.25) is 5.02 Å². The number of alkyl halides is 3. The molecule has 0 radical (unpaired) electrons. The number of rotatable bonds is 9. The van der Waals surface area contributed by atoms with E-state index in [2.05, 4.69) is 15.2 Å². The molecule has 238 valence electrons. The number of likely N-dealkylation sites (tertiary alicyclic amines) is 1. The average Bonchev–Trinajstić information content (AvgIpc) is 3.37. The number of hydrogen-bond acceptors (Lipinski definition) is 4. The van der Waals surface area contributed by atoms with Crippen molar-refractivity contribution in [1.82, 2.24) is 20.5 Å². The third-order valence-electron chi connectivity index (χ3n) is 8.80. The Morgan fingerprint density at radius 2 is 1.63 bits per heavy atom. The molecule has 1 aliphatic heterocycles. The van der Waals surface area contributed by atoms with Gasteiger partial charge in [-0.05, 0) is 90.7 Å². The normalized spacial score (nSPS) is 16.5. The highest BCUT2D eigenvalue weighted by atomic mass is 35.5. The van der Waals surface area contributed by atoms with E-state index in [4.69, 9.17) is 11.6 Å². The van der Waals surface area contributed by atoms with Crippen LogP contribution < -0.4 is 10.6 Å². The number of carbonyl (C=O) groups excluding carboxylic acids is 2. The summed E-state index contributed by atoms with van der Waals surface area (Å²) < 4.78 is 38.8. The molecule has 1 aliphatic carbocycles. The number of nitrogens with one attached hydrogen (secondary N) is 2. The summed E-state index contributed by atoms with van der Waals surface area (Å²) in [5.41, 5.74) is 5.94. The lowest BCUT2D eigenvalue weighted by molar-refractivity contribution is -0.170. The lowest BCUT2D eigenvalue weighted by Crippen LogP contribution is -2.45. The molecule has 2 amide bonds. The standard InChI is InChI=1S/C36H34ClF3N4O2/c37-25-13-11-24(12-14-25)33-30(9-5-18-41-33)34(45)42-26-16-20-44(21-17-26)19-4-3-6-23-10-15-29-31(22-23)27-7-1-2-8-28(27)32(29)35(46)43-36(38,39)40/h1-2,5,7-15,18,22,26,32H,3-4,6,16-17,19-21H2,(H,42,45)(H,43,46). The van der Waals surface area contributed by atoms with Crippen molar-refractivity contribution in [2.24, 2.45) is 0 Å². The van der Waals surface area contributed by atoms with Crippen LogP contribution in [0.4, 0.5) is 13.2 Å². The monoisotopic (exact) mass is 646 g/mol. The van der Waals surface area contributed by atoms with Gasteiger partial charge in [-0.1, -0.05) is 66.2 Å². The van der Waals surface area contributed by atoms with Crippen LogP contribution in [0, 0.1) is 0 Å². The molecule has 10 heteroatoms. The number of pyridine rings is 1. The van der Waals surface area contributed by atoms with Crippen molar-refractivity contribution in [2.45, 2.75) is 50.4 Å². The van der Waals surface area contributed by atoms with Crippen LogP contribution in [0.1, 0.15) is 58.6 Å². The quantitative estimate of drug-likeness (QED) is 0.147. The Labute approximate surface area is 271 Å². The van der Waals surface area contributed by atoms with Crippen LogP contribution >= 0.6 is 11.6 Å². The summed E-state index contributed by atoms with van der Waals surface area (Å²) in [5, 5.41) is 5.02. The molecule has 2 aliphatic rings. The highest BCUT2D eigenvalue weighted by molar-refractivity contribution is 6.30. The number of aryl methyl sites for hydroxylation is 1. The van der Waals surface area contributed by atoms with Gasteiger partial charge in [-0.2, -0.15) is 13.2 Å². The van der Waals surface area contributed by atoms with Crippen LogP contribution in [-0.2, 0) is 11.2 Å². The number of fused-ring (bicyclic) bond motifs is 3. The highest BCUT2D eigenvalue weighted by Gasteiger charge is 2.39. The Morgan fingerprint density at radius 3 is 2.39 bits per heavy atom. The van der Waals surface area contributed by atoms with Crippen LogP contribution in [0.3, 0.4) is 0 Å². The van der Waals surface area contributed by atoms with Crippen LogP contribution in [-0.4, -0.2) is 53.7 Å². The van der Waals surface area contributed by atoms with Crippen molar-refractivity contribution in [3.05, 3.63) is 112 Å².